The predicted octanol–water partition coefficient (Wildman–Crippen LogP) is 4.94. The van der Waals surface area contributed by atoms with E-state index in [4.69, 9.17) is 4.74 Å². The second-order valence-corrected chi connectivity index (χ2v) is 9.07. The molecular weight excluding hydrogens is 478 g/mol. The number of hydrogen-bond acceptors (Lipinski definition) is 5. The third-order valence-corrected chi connectivity index (χ3v) is 6.59. The lowest BCUT2D eigenvalue weighted by atomic mass is 10.0. The number of halogens is 2. The van der Waals surface area contributed by atoms with Crippen LogP contribution in [0.5, 0.6) is 5.75 Å². The number of anilines is 2. The van der Waals surface area contributed by atoms with Gasteiger partial charge in [-0.1, -0.05) is 0 Å². The van der Waals surface area contributed by atoms with Gasteiger partial charge in [0.05, 0.1) is 23.0 Å². The number of benzene rings is 2. The molecule has 0 aliphatic carbocycles. The maximum Gasteiger partial charge on any atom is 0.263 e. The standard InChI is InChI=1S/C28H28F2N4O3/c1-4-34-18(3)13-17(2)26(28(34)36)27(35)32-23-14-19(16-31)5-7-24(23)33-11-9-21(10-12-33)37-25-8-6-20(29)15-22(25)30/h5-8,13-15,21H,4,9-12H2,1-3H3,(H,32,35). The molecule has 192 valence electrons. The van der Waals surface area contributed by atoms with Crippen LogP contribution in [0.3, 0.4) is 0 Å². The SMILES string of the molecule is CCn1c(C)cc(C)c(C(=O)Nc2cc(C#N)ccc2N2CCC(Oc3ccc(F)cc3F)CC2)c1=O. The smallest absolute Gasteiger partial charge is 0.263 e. The van der Waals surface area contributed by atoms with Gasteiger partial charge in [-0.3, -0.25) is 9.59 Å². The molecule has 1 fully saturated rings. The summed E-state index contributed by atoms with van der Waals surface area (Å²) in [5.74, 6) is -1.93. The molecule has 9 heteroatoms. The molecule has 1 aromatic heterocycles. The Hall–Kier alpha value is -4.19. The average Bonchev–Trinajstić information content (AvgIpc) is 2.86. The largest absolute Gasteiger partial charge is 0.487 e. The summed E-state index contributed by atoms with van der Waals surface area (Å²) in [6, 6.07) is 12.1. The Balaban J connectivity index is 1.54. The molecule has 3 aromatic rings. The first kappa shape index (κ1) is 25.9. The minimum absolute atomic E-state index is 0.0115. The molecule has 0 saturated carbocycles. The van der Waals surface area contributed by atoms with Gasteiger partial charge in [-0.2, -0.15) is 5.26 Å². The van der Waals surface area contributed by atoms with E-state index in [0.717, 1.165) is 17.8 Å². The van der Waals surface area contributed by atoms with Crippen LogP contribution in [0.25, 0.3) is 0 Å². The van der Waals surface area contributed by atoms with Crippen LogP contribution in [0, 0.1) is 36.8 Å². The van der Waals surface area contributed by atoms with Gasteiger partial charge in [0.2, 0.25) is 0 Å². The van der Waals surface area contributed by atoms with Gasteiger partial charge in [-0.15, -0.1) is 0 Å². The van der Waals surface area contributed by atoms with E-state index >= 15 is 0 Å². The Morgan fingerprint density at radius 3 is 2.51 bits per heavy atom. The Labute approximate surface area is 213 Å². The van der Waals surface area contributed by atoms with E-state index in [1.165, 1.54) is 6.07 Å². The summed E-state index contributed by atoms with van der Waals surface area (Å²) in [6.45, 7) is 6.94. The number of ether oxygens (including phenoxy) is 1. The summed E-state index contributed by atoms with van der Waals surface area (Å²) >= 11 is 0. The minimum Gasteiger partial charge on any atom is -0.487 e. The number of nitrogens with one attached hydrogen (secondary N) is 1. The molecule has 7 nitrogen and oxygen atoms in total. The zero-order chi connectivity index (χ0) is 26.7. The summed E-state index contributed by atoms with van der Waals surface area (Å²) in [7, 11) is 0. The molecule has 1 aliphatic heterocycles. The van der Waals surface area contributed by atoms with E-state index in [-0.39, 0.29) is 23.0 Å². The van der Waals surface area contributed by atoms with E-state index in [1.54, 1.807) is 35.8 Å². The number of pyridine rings is 1. The molecule has 0 atom stereocenters. The van der Waals surface area contributed by atoms with E-state index in [0.29, 0.717) is 55.0 Å². The van der Waals surface area contributed by atoms with Gasteiger partial charge in [0, 0.05) is 44.2 Å². The number of carbonyl (C=O) groups is 1. The summed E-state index contributed by atoms with van der Waals surface area (Å²) in [5, 5.41) is 12.3. The Kier molecular flexibility index (Phi) is 7.58. The fourth-order valence-corrected chi connectivity index (χ4v) is 4.73. The van der Waals surface area contributed by atoms with Crippen LogP contribution in [-0.4, -0.2) is 29.7 Å². The number of aromatic nitrogens is 1. The number of nitriles is 1. The third-order valence-electron chi connectivity index (χ3n) is 6.59. The predicted molar refractivity (Wildman–Crippen MR) is 137 cm³/mol. The van der Waals surface area contributed by atoms with Crippen molar-refractivity contribution in [1.29, 1.82) is 5.26 Å². The highest BCUT2D eigenvalue weighted by atomic mass is 19.1. The molecule has 37 heavy (non-hydrogen) atoms. The van der Waals surface area contributed by atoms with Gasteiger partial charge in [0.1, 0.15) is 17.5 Å². The number of hydrogen-bond donors (Lipinski definition) is 1. The van der Waals surface area contributed by atoms with Crippen molar-refractivity contribution in [2.24, 2.45) is 0 Å². The van der Waals surface area contributed by atoms with Crippen LogP contribution < -0.4 is 20.5 Å². The monoisotopic (exact) mass is 506 g/mol. The number of piperidine rings is 1. The van der Waals surface area contributed by atoms with E-state index in [2.05, 4.69) is 11.4 Å². The molecule has 1 aliphatic rings. The molecule has 0 bridgehead atoms. The highest BCUT2D eigenvalue weighted by molar-refractivity contribution is 6.06. The summed E-state index contributed by atoms with van der Waals surface area (Å²) in [5.41, 5.74) is 2.56. The van der Waals surface area contributed by atoms with Crippen molar-refractivity contribution in [2.75, 3.05) is 23.3 Å². The number of rotatable bonds is 6. The molecule has 4 rings (SSSR count). The van der Waals surface area contributed by atoms with Crippen molar-refractivity contribution < 1.29 is 18.3 Å². The molecule has 0 unspecified atom stereocenters. The molecule has 1 saturated heterocycles. The Bertz CT molecular complexity index is 1440. The lowest BCUT2D eigenvalue weighted by Gasteiger charge is -2.35. The normalized spacial score (nSPS) is 13.8. The molecule has 2 heterocycles. The van der Waals surface area contributed by atoms with E-state index in [1.807, 2.05) is 18.7 Å². The molecule has 0 spiro atoms. The van der Waals surface area contributed by atoms with E-state index < -0.39 is 17.5 Å². The maximum atomic E-state index is 14.0. The highest BCUT2D eigenvalue weighted by Crippen LogP contribution is 2.31. The maximum absolute atomic E-state index is 14.0. The molecule has 2 aromatic carbocycles. The highest BCUT2D eigenvalue weighted by Gasteiger charge is 2.25. The molecule has 0 radical (unpaired) electrons. The number of amides is 1. The summed E-state index contributed by atoms with van der Waals surface area (Å²) in [4.78, 5) is 28.3. The fraction of sp³-hybridized carbons (Fsp3) is 0.321. The number of aryl methyl sites for hydroxylation is 2. The quantitative estimate of drug-likeness (QED) is 0.512. The van der Waals surface area contributed by atoms with Crippen molar-refractivity contribution in [1.82, 2.24) is 4.57 Å². The van der Waals surface area contributed by atoms with Gasteiger partial charge in [0.15, 0.2) is 11.6 Å². The van der Waals surface area contributed by atoms with Crippen LogP contribution in [0.1, 0.15) is 46.9 Å². The van der Waals surface area contributed by atoms with Crippen LogP contribution in [-0.2, 0) is 6.54 Å². The van der Waals surface area contributed by atoms with Crippen LogP contribution in [0.4, 0.5) is 20.2 Å². The van der Waals surface area contributed by atoms with Crippen molar-refractivity contribution in [2.45, 2.75) is 46.3 Å². The van der Waals surface area contributed by atoms with Gasteiger partial charge in [-0.05, 0) is 62.7 Å². The van der Waals surface area contributed by atoms with E-state index in [9.17, 15) is 23.6 Å². The zero-order valence-electron chi connectivity index (χ0n) is 21.0. The van der Waals surface area contributed by atoms with Crippen molar-refractivity contribution in [3.8, 4) is 11.8 Å². The summed E-state index contributed by atoms with van der Waals surface area (Å²) < 4.78 is 34.5. The van der Waals surface area contributed by atoms with Gasteiger partial charge in [-0.25, -0.2) is 8.78 Å². The first-order valence-electron chi connectivity index (χ1n) is 12.1. The van der Waals surface area contributed by atoms with Crippen molar-refractivity contribution in [3.63, 3.8) is 0 Å². The molecule has 1 amide bonds. The topological polar surface area (TPSA) is 87.4 Å². The van der Waals surface area contributed by atoms with Gasteiger partial charge >= 0.3 is 0 Å². The van der Waals surface area contributed by atoms with Crippen molar-refractivity contribution in [3.05, 3.63) is 86.8 Å². The first-order chi connectivity index (χ1) is 17.7. The number of nitrogens with zero attached hydrogens (tertiary/aromatic N) is 3. The summed E-state index contributed by atoms with van der Waals surface area (Å²) in [6.07, 6.45) is 0.890. The molecule has 1 N–H and O–H groups in total. The second kappa shape index (κ2) is 10.8. The van der Waals surface area contributed by atoms with Crippen LogP contribution in [0.2, 0.25) is 0 Å². The van der Waals surface area contributed by atoms with Crippen LogP contribution in [0.15, 0.2) is 47.3 Å². The average molecular weight is 507 g/mol. The van der Waals surface area contributed by atoms with Gasteiger partial charge < -0.3 is 19.5 Å². The van der Waals surface area contributed by atoms with Gasteiger partial charge in [0.25, 0.3) is 11.5 Å². The lowest BCUT2D eigenvalue weighted by molar-refractivity contribution is 0.102. The zero-order valence-corrected chi connectivity index (χ0v) is 21.0. The lowest BCUT2D eigenvalue weighted by Crippen LogP contribution is -2.39. The second-order valence-electron chi connectivity index (χ2n) is 9.07. The third kappa shape index (κ3) is 5.48. The number of carbonyl (C=O) groups excluding carboxylic acids is 1. The fourth-order valence-electron chi connectivity index (χ4n) is 4.73. The Morgan fingerprint density at radius 1 is 1.14 bits per heavy atom. The minimum atomic E-state index is -0.743. The Morgan fingerprint density at radius 2 is 1.86 bits per heavy atom. The van der Waals surface area contributed by atoms with Crippen LogP contribution >= 0.6 is 0 Å². The van der Waals surface area contributed by atoms with Crippen molar-refractivity contribution >= 4 is 17.3 Å². The first-order valence-corrected chi connectivity index (χ1v) is 12.1. The molecular formula is C28H28F2N4O3.